The number of carbonyl (C=O) groups excluding carboxylic acids is 3. The summed E-state index contributed by atoms with van der Waals surface area (Å²) in [5.41, 5.74) is 0.488. The van der Waals surface area contributed by atoms with Crippen molar-refractivity contribution in [3.8, 4) is 0 Å². The zero-order valence-corrected chi connectivity index (χ0v) is 19.3. The van der Waals surface area contributed by atoms with E-state index in [4.69, 9.17) is 4.74 Å². The van der Waals surface area contributed by atoms with Gasteiger partial charge in [0, 0.05) is 6.54 Å². The summed E-state index contributed by atoms with van der Waals surface area (Å²) in [5, 5.41) is 2.60. The first-order valence-electron chi connectivity index (χ1n) is 11.1. The van der Waals surface area contributed by atoms with Crippen LogP contribution in [0.2, 0.25) is 0 Å². The largest absolute Gasteiger partial charge is 0.461 e. The van der Waals surface area contributed by atoms with Gasteiger partial charge in [-0.2, -0.15) is 0 Å². The van der Waals surface area contributed by atoms with Crippen molar-refractivity contribution < 1.29 is 19.1 Å². The number of carbonyl (C=O) groups is 3. The van der Waals surface area contributed by atoms with Crippen molar-refractivity contribution in [1.29, 1.82) is 0 Å². The zero-order chi connectivity index (χ0) is 22.0. The second-order valence-corrected chi connectivity index (χ2v) is 10.5. The van der Waals surface area contributed by atoms with Crippen molar-refractivity contribution in [3.63, 3.8) is 0 Å². The van der Waals surface area contributed by atoms with Gasteiger partial charge in [0.25, 0.3) is 0 Å². The molecule has 1 aliphatic heterocycles. The number of hydrogen-bond acceptors (Lipinski definition) is 4. The quantitative estimate of drug-likeness (QED) is 0.492. The number of ether oxygens (including phenoxy) is 1. The van der Waals surface area contributed by atoms with Gasteiger partial charge in [-0.05, 0) is 61.7 Å². The van der Waals surface area contributed by atoms with Crippen molar-refractivity contribution in [1.82, 2.24) is 10.2 Å². The monoisotopic (exact) mass is 408 g/mol. The van der Waals surface area contributed by atoms with Gasteiger partial charge in [0.1, 0.15) is 12.1 Å². The molecule has 4 atom stereocenters. The van der Waals surface area contributed by atoms with Crippen molar-refractivity contribution in [2.75, 3.05) is 6.54 Å². The predicted molar refractivity (Wildman–Crippen MR) is 113 cm³/mol. The third-order valence-electron chi connectivity index (χ3n) is 7.80. The lowest BCUT2D eigenvalue weighted by molar-refractivity contribution is -0.159. The van der Waals surface area contributed by atoms with E-state index in [0.717, 1.165) is 19.3 Å². The molecule has 1 aliphatic carbocycles. The SMILES string of the molecule is CC(CC1CCC(C)(C)C1(C)C)OC(=O)C1CCCN1C(=O)C(NC=O)C(C)C. The Morgan fingerprint density at radius 2 is 1.83 bits per heavy atom. The van der Waals surface area contributed by atoms with Crippen LogP contribution in [0.4, 0.5) is 0 Å². The average molecular weight is 409 g/mol. The Morgan fingerprint density at radius 1 is 1.17 bits per heavy atom. The lowest BCUT2D eigenvalue weighted by Crippen LogP contribution is -2.52. The number of esters is 1. The third-order valence-corrected chi connectivity index (χ3v) is 7.80. The van der Waals surface area contributed by atoms with Crippen LogP contribution >= 0.6 is 0 Å². The summed E-state index contributed by atoms with van der Waals surface area (Å²) in [6, 6.07) is -1.16. The number of nitrogens with one attached hydrogen (secondary N) is 1. The van der Waals surface area contributed by atoms with Crippen molar-refractivity contribution >= 4 is 18.3 Å². The molecule has 0 aromatic rings. The van der Waals surface area contributed by atoms with Gasteiger partial charge in [-0.25, -0.2) is 4.79 Å². The van der Waals surface area contributed by atoms with E-state index < -0.39 is 12.1 Å². The molecule has 2 amide bonds. The summed E-state index contributed by atoms with van der Waals surface area (Å²) in [4.78, 5) is 38.3. The van der Waals surface area contributed by atoms with Crippen LogP contribution in [0.1, 0.15) is 80.6 Å². The molecular weight excluding hydrogens is 368 g/mol. The van der Waals surface area contributed by atoms with Crippen molar-refractivity contribution in [2.24, 2.45) is 22.7 Å². The summed E-state index contributed by atoms with van der Waals surface area (Å²) in [6.07, 6.45) is 4.97. The van der Waals surface area contributed by atoms with E-state index in [-0.39, 0.29) is 34.7 Å². The summed E-state index contributed by atoms with van der Waals surface area (Å²) in [7, 11) is 0. The summed E-state index contributed by atoms with van der Waals surface area (Å²) in [5.74, 6) is -0.0366. The summed E-state index contributed by atoms with van der Waals surface area (Å²) in [6.45, 7) is 15.6. The van der Waals surface area contributed by atoms with Gasteiger partial charge in [-0.3, -0.25) is 9.59 Å². The molecular formula is C23H40N2O4. The first kappa shape index (κ1) is 23.7. The topological polar surface area (TPSA) is 75.7 Å². The lowest BCUT2D eigenvalue weighted by Gasteiger charge is -2.40. The van der Waals surface area contributed by atoms with Crippen LogP contribution in [0.3, 0.4) is 0 Å². The van der Waals surface area contributed by atoms with Crippen LogP contribution < -0.4 is 5.32 Å². The van der Waals surface area contributed by atoms with Gasteiger partial charge in [-0.1, -0.05) is 41.5 Å². The molecule has 0 bridgehead atoms. The third kappa shape index (κ3) is 4.95. The first-order valence-corrected chi connectivity index (χ1v) is 11.1. The smallest absolute Gasteiger partial charge is 0.329 e. The second-order valence-electron chi connectivity index (χ2n) is 10.5. The van der Waals surface area contributed by atoms with Gasteiger partial charge < -0.3 is 15.0 Å². The minimum absolute atomic E-state index is 0.0446. The second kappa shape index (κ2) is 9.05. The number of hydrogen-bond donors (Lipinski definition) is 1. The molecule has 1 saturated heterocycles. The minimum Gasteiger partial charge on any atom is -0.461 e. The highest BCUT2D eigenvalue weighted by Crippen LogP contribution is 2.57. The lowest BCUT2D eigenvalue weighted by atomic mass is 9.66. The molecule has 1 N–H and O–H groups in total. The Kier molecular flexibility index (Phi) is 7.39. The Hall–Kier alpha value is -1.59. The first-order chi connectivity index (χ1) is 13.4. The van der Waals surface area contributed by atoms with Crippen LogP contribution in [-0.4, -0.2) is 47.9 Å². The number of amides is 2. The summed E-state index contributed by atoms with van der Waals surface area (Å²) >= 11 is 0. The van der Waals surface area contributed by atoms with Crippen LogP contribution in [-0.2, 0) is 19.1 Å². The highest BCUT2D eigenvalue weighted by Gasteiger charge is 2.49. The summed E-state index contributed by atoms with van der Waals surface area (Å²) < 4.78 is 5.82. The molecule has 1 heterocycles. The van der Waals surface area contributed by atoms with Crippen LogP contribution in [0.15, 0.2) is 0 Å². The normalized spacial score (nSPS) is 27.5. The molecule has 6 heteroatoms. The average Bonchev–Trinajstić information content (AvgIpc) is 3.18. The van der Waals surface area contributed by atoms with E-state index in [1.165, 1.54) is 6.42 Å². The standard InChI is InChI=1S/C23H40N2O4/c1-15(2)19(24-14-26)20(27)25-12-8-9-18(25)21(28)29-16(3)13-17-10-11-22(4,5)23(17,6)7/h14-19H,8-13H2,1-7H3,(H,24,26). The fraction of sp³-hybridized carbons (Fsp3) is 0.870. The fourth-order valence-electron chi connectivity index (χ4n) is 4.99. The van der Waals surface area contributed by atoms with E-state index >= 15 is 0 Å². The molecule has 2 fully saturated rings. The molecule has 0 radical (unpaired) electrons. The Morgan fingerprint density at radius 3 is 2.34 bits per heavy atom. The Balaban J connectivity index is 1.98. The van der Waals surface area contributed by atoms with E-state index in [1.807, 2.05) is 20.8 Å². The van der Waals surface area contributed by atoms with Gasteiger partial charge in [-0.15, -0.1) is 0 Å². The molecule has 0 aromatic carbocycles. The van der Waals surface area contributed by atoms with E-state index in [2.05, 4.69) is 33.0 Å². The Bertz CT molecular complexity index is 614. The van der Waals surface area contributed by atoms with Crippen LogP contribution in [0, 0.1) is 22.7 Å². The molecule has 0 aromatic heterocycles. The molecule has 166 valence electrons. The van der Waals surface area contributed by atoms with Crippen molar-refractivity contribution in [2.45, 2.75) is 98.8 Å². The maximum Gasteiger partial charge on any atom is 0.329 e. The van der Waals surface area contributed by atoms with E-state index in [0.29, 0.717) is 25.3 Å². The molecule has 4 unspecified atom stereocenters. The fourth-order valence-corrected chi connectivity index (χ4v) is 4.99. The van der Waals surface area contributed by atoms with Crippen LogP contribution in [0.25, 0.3) is 0 Å². The van der Waals surface area contributed by atoms with Crippen LogP contribution in [0.5, 0.6) is 0 Å². The number of nitrogens with zero attached hydrogens (tertiary/aromatic N) is 1. The highest BCUT2D eigenvalue weighted by molar-refractivity contribution is 5.89. The maximum absolute atomic E-state index is 12.9. The molecule has 2 aliphatic rings. The van der Waals surface area contributed by atoms with E-state index in [9.17, 15) is 14.4 Å². The molecule has 2 rings (SSSR count). The van der Waals surface area contributed by atoms with Crippen molar-refractivity contribution in [3.05, 3.63) is 0 Å². The predicted octanol–water partition coefficient (Wildman–Crippen LogP) is 3.53. The van der Waals surface area contributed by atoms with Gasteiger partial charge >= 0.3 is 5.97 Å². The molecule has 29 heavy (non-hydrogen) atoms. The highest BCUT2D eigenvalue weighted by atomic mass is 16.5. The maximum atomic E-state index is 12.9. The van der Waals surface area contributed by atoms with E-state index in [1.54, 1.807) is 4.90 Å². The Labute approximate surface area is 176 Å². The minimum atomic E-state index is -0.611. The zero-order valence-electron chi connectivity index (χ0n) is 19.3. The van der Waals surface area contributed by atoms with Gasteiger partial charge in [0.05, 0.1) is 6.10 Å². The molecule has 0 spiro atoms. The van der Waals surface area contributed by atoms with Gasteiger partial charge in [0.2, 0.25) is 12.3 Å². The van der Waals surface area contributed by atoms with Gasteiger partial charge in [0.15, 0.2) is 0 Å². The molecule has 6 nitrogen and oxygen atoms in total. The number of likely N-dealkylation sites (tertiary alicyclic amines) is 1. The number of rotatable bonds is 8. The molecule has 1 saturated carbocycles.